The van der Waals surface area contributed by atoms with Crippen LogP contribution >= 0.6 is 23.2 Å². The molecule has 0 aliphatic carbocycles. The Morgan fingerprint density at radius 1 is 0.925 bits per heavy atom. The summed E-state index contributed by atoms with van der Waals surface area (Å²) < 4.78 is 28.7. The fourth-order valence-corrected chi connectivity index (χ4v) is 6.04. The lowest BCUT2D eigenvalue weighted by atomic mass is 10.1. The Labute approximate surface area is 247 Å². The molecule has 0 aliphatic heterocycles. The molecule has 0 aliphatic rings. The Bertz CT molecular complexity index is 1410. The van der Waals surface area contributed by atoms with E-state index in [2.05, 4.69) is 5.32 Å². The first-order valence-electron chi connectivity index (χ1n) is 13.2. The SMILES string of the molecule is CCCCNC(=O)[C@@H](CC)N(Cc1cccc(C)c1)C(=O)CN(c1cccc(Cl)c1)S(=O)(=O)c1ccc(Cl)cc1. The molecular weight excluding hydrogens is 569 g/mol. The van der Waals surface area contributed by atoms with Crippen LogP contribution in [0.3, 0.4) is 0 Å². The van der Waals surface area contributed by atoms with Gasteiger partial charge in [0.15, 0.2) is 0 Å². The van der Waals surface area contributed by atoms with E-state index in [1.807, 2.05) is 45.0 Å². The number of aryl methyl sites for hydroxylation is 1. The molecule has 2 amide bonds. The lowest BCUT2D eigenvalue weighted by Gasteiger charge is -2.33. The predicted molar refractivity (Wildman–Crippen MR) is 161 cm³/mol. The van der Waals surface area contributed by atoms with Crippen LogP contribution in [-0.4, -0.2) is 44.3 Å². The predicted octanol–water partition coefficient (Wildman–Crippen LogP) is 6.22. The maximum Gasteiger partial charge on any atom is 0.264 e. The van der Waals surface area contributed by atoms with Crippen molar-refractivity contribution < 1.29 is 18.0 Å². The van der Waals surface area contributed by atoms with Gasteiger partial charge >= 0.3 is 0 Å². The normalized spacial score (nSPS) is 12.0. The minimum Gasteiger partial charge on any atom is -0.354 e. The van der Waals surface area contributed by atoms with Crippen molar-refractivity contribution in [3.63, 3.8) is 0 Å². The smallest absolute Gasteiger partial charge is 0.264 e. The summed E-state index contributed by atoms with van der Waals surface area (Å²) in [6, 6.07) is 18.9. The van der Waals surface area contributed by atoms with Gasteiger partial charge in [0.1, 0.15) is 12.6 Å². The van der Waals surface area contributed by atoms with Crippen LogP contribution in [0, 0.1) is 6.92 Å². The number of carbonyl (C=O) groups is 2. The number of hydrogen-bond donors (Lipinski definition) is 1. The molecule has 10 heteroatoms. The molecule has 0 radical (unpaired) electrons. The van der Waals surface area contributed by atoms with Gasteiger partial charge in [-0.3, -0.25) is 13.9 Å². The molecule has 0 fully saturated rings. The third kappa shape index (κ3) is 8.22. The quantitative estimate of drug-likeness (QED) is 0.235. The molecule has 3 aromatic rings. The van der Waals surface area contributed by atoms with Crippen LogP contribution in [0.25, 0.3) is 0 Å². The zero-order valence-electron chi connectivity index (χ0n) is 22.9. The minimum absolute atomic E-state index is 0.0285. The van der Waals surface area contributed by atoms with Crippen molar-refractivity contribution in [2.75, 3.05) is 17.4 Å². The number of hydrogen-bond acceptors (Lipinski definition) is 4. The first kappa shape index (κ1) is 31.5. The average molecular weight is 605 g/mol. The number of unbranched alkanes of at least 4 members (excludes halogenated alkanes) is 1. The van der Waals surface area contributed by atoms with E-state index in [4.69, 9.17) is 23.2 Å². The number of carbonyl (C=O) groups excluding carboxylic acids is 2. The molecule has 1 N–H and O–H groups in total. The van der Waals surface area contributed by atoms with E-state index in [1.165, 1.54) is 35.2 Å². The summed E-state index contributed by atoms with van der Waals surface area (Å²) in [6.07, 6.45) is 2.09. The second-order valence-electron chi connectivity index (χ2n) is 9.52. The molecule has 214 valence electrons. The van der Waals surface area contributed by atoms with Crippen LogP contribution < -0.4 is 9.62 Å². The van der Waals surface area contributed by atoms with E-state index in [-0.39, 0.29) is 23.0 Å². The second-order valence-corrected chi connectivity index (χ2v) is 12.3. The van der Waals surface area contributed by atoms with E-state index in [0.717, 1.165) is 28.3 Å². The van der Waals surface area contributed by atoms with Crippen LogP contribution in [0.4, 0.5) is 5.69 Å². The highest BCUT2D eigenvalue weighted by Crippen LogP contribution is 2.27. The number of nitrogens with zero attached hydrogens (tertiary/aromatic N) is 2. The maximum absolute atomic E-state index is 14.1. The molecule has 0 unspecified atom stereocenters. The maximum atomic E-state index is 14.1. The average Bonchev–Trinajstić information content (AvgIpc) is 2.91. The molecule has 7 nitrogen and oxygen atoms in total. The van der Waals surface area contributed by atoms with E-state index in [9.17, 15) is 18.0 Å². The largest absolute Gasteiger partial charge is 0.354 e. The molecule has 1 atom stereocenters. The topological polar surface area (TPSA) is 86.8 Å². The number of halogens is 2. The van der Waals surface area contributed by atoms with Crippen molar-refractivity contribution in [3.05, 3.63) is 94.0 Å². The Balaban J connectivity index is 2.04. The Kier molecular flexibility index (Phi) is 11.4. The van der Waals surface area contributed by atoms with Crippen molar-refractivity contribution in [2.45, 2.75) is 57.5 Å². The summed E-state index contributed by atoms with van der Waals surface area (Å²) in [5, 5.41) is 3.63. The summed E-state index contributed by atoms with van der Waals surface area (Å²) in [5.41, 5.74) is 2.07. The van der Waals surface area contributed by atoms with Crippen LogP contribution in [0.15, 0.2) is 77.7 Å². The van der Waals surface area contributed by atoms with E-state index >= 15 is 0 Å². The molecule has 0 bridgehead atoms. The first-order valence-corrected chi connectivity index (χ1v) is 15.4. The van der Waals surface area contributed by atoms with Gasteiger partial charge in [-0.2, -0.15) is 0 Å². The molecule has 40 heavy (non-hydrogen) atoms. The molecule has 0 saturated heterocycles. The van der Waals surface area contributed by atoms with E-state index in [1.54, 1.807) is 18.2 Å². The van der Waals surface area contributed by atoms with Gasteiger partial charge in [0.05, 0.1) is 10.6 Å². The highest BCUT2D eigenvalue weighted by Gasteiger charge is 2.33. The van der Waals surface area contributed by atoms with E-state index in [0.29, 0.717) is 23.0 Å². The van der Waals surface area contributed by atoms with E-state index < -0.39 is 28.5 Å². The van der Waals surface area contributed by atoms with Crippen LogP contribution in [0.2, 0.25) is 10.0 Å². The van der Waals surface area contributed by atoms with Crippen LogP contribution in [-0.2, 0) is 26.2 Å². The highest BCUT2D eigenvalue weighted by atomic mass is 35.5. The molecule has 0 saturated carbocycles. The van der Waals surface area contributed by atoms with Gasteiger partial charge in [-0.15, -0.1) is 0 Å². The van der Waals surface area contributed by atoms with Crippen molar-refractivity contribution in [1.82, 2.24) is 10.2 Å². The number of anilines is 1. The van der Waals surface area contributed by atoms with Crippen molar-refractivity contribution in [3.8, 4) is 0 Å². The van der Waals surface area contributed by atoms with Crippen LogP contribution in [0.5, 0.6) is 0 Å². The molecule has 3 aromatic carbocycles. The summed E-state index contributed by atoms with van der Waals surface area (Å²) in [5.74, 6) is -0.789. The van der Waals surface area contributed by atoms with Crippen molar-refractivity contribution >= 4 is 50.7 Å². The third-order valence-corrected chi connectivity index (χ3v) is 8.70. The zero-order chi connectivity index (χ0) is 29.3. The van der Waals surface area contributed by atoms with Gasteiger partial charge in [-0.05, 0) is 67.8 Å². The van der Waals surface area contributed by atoms with Crippen molar-refractivity contribution in [1.29, 1.82) is 0 Å². The molecule has 0 heterocycles. The monoisotopic (exact) mass is 603 g/mol. The number of rotatable bonds is 13. The van der Waals surface area contributed by atoms with Crippen LogP contribution in [0.1, 0.15) is 44.2 Å². The molecule has 0 aromatic heterocycles. The van der Waals surface area contributed by atoms with Gasteiger partial charge in [0.2, 0.25) is 11.8 Å². The lowest BCUT2D eigenvalue weighted by Crippen LogP contribution is -2.52. The summed E-state index contributed by atoms with van der Waals surface area (Å²) in [7, 11) is -4.20. The Hall–Kier alpha value is -3.07. The number of benzene rings is 3. The minimum atomic E-state index is -4.20. The lowest BCUT2D eigenvalue weighted by molar-refractivity contribution is -0.140. The zero-order valence-corrected chi connectivity index (χ0v) is 25.3. The first-order chi connectivity index (χ1) is 19.1. The van der Waals surface area contributed by atoms with Gasteiger partial charge < -0.3 is 10.2 Å². The van der Waals surface area contributed by atoms with Gasteiger partial charge in [0, 0.05) is 23.1 Å². The highest BCUT2D eigenvalue weighted by molar-refractivity contribution is 7.92. The molecular formula is C30H35Cl2N3O4S. The third-order valence-electron chi connectivity index (χ3n) is 6.43. The Morgan fingerprint density at radius 3 is 2.25 bits per heavy atom. The fraction of sp³-hybridized carbons (Fsp3) is 0.333. The standard InChI is InChI=1S/C30H35Cl2N3O4S/c1-4-6-17-33-30(37)28(5-2)34(20-23-10-7-9-22(3)18-23)29(36)21-35(26-12-8-11-25(32)19-26)40(38,39)27-15-13-24(31)14-16-27/h7-16,18-19,28H,4-6,17,20-21H2,1-3H3,(H,33,37)/t28-/m1/s1. The second kappa shape index (κ2) is 14.5. The molecule has 3 rings (SSSR count). The number of sulfonamides is 1. The van der Waals surface area contributed by atoms with Gasteiger partial charge in [0.25, 0.3) is 10.0 Å². The number of nitrogens with one attached hydrogen (secondary N) is 1. The van der Waals surface area contributed by atoms with Gasteiger partial charge in [-0.1, -0.05) is 79.4 Å². The summed E-state index contributed by atoms with van der Waals surface area (Å²) >= 11 is 12.2. The van der Waals surface area contributed by atoms with Gasteiger partial charge in [-0.25, -0.2) is 8.42 Å². The molecule has 0 spiro atoms. The Morgan fingerprint density at radius 2 is 1.62 bits per heavy atom. The fourth-order valence-electron chi connectivity index (χ4n) is 4.33. The summed E-state index contributed by atoms with van der Waals surface area (Å²) in [4.78, 5) is 28.7. The van der Waals surface area contributed by atoms with Crippen molar-refractivity contribution in [2.24, 2.45) is 0 Å². The number of amides is 2. The summed E-state index contributed by atoms with van der Waals surface area (Å²) in [6.45, 7) is 5.92.